The van der Waals surface area contributed by atoms with Crippen LogP contribution in [0.15, 0.2) is 48.5 Å². The number of hydrogen-bond donors (Lipinski definition) is 1. The largest absolute Gasteiger partial charge is 0.486 e. The van der Waals surface area contributed by atoms with Gasteiger partial charge in [0.1, 0.15) is 24.0 Å². The van der Waals surface area contributed by atoms with Gasteiger partial charge in [0.05, 0.1) is 10.7 Å². The van der Waals surface area contributed by atoms with Crippen LogP contribution in [0.4, 0.5) is 5.69 Å². The van der Waals surface area contributed by atoms with Gasteiger partial charge in [0.25, 0.3) is 5.91 Å². The summed E-state index contributed by atoms with van der Waals surface area (Å²) in [6.07, 6.45) is 0. The lowest BCUT2D eigenvalue weighted by Crippen LogP contribution is -2.19. The molecule has 0 saturated carbocycles. The van der Waals surface area contributed by atoms with Crippen molar-refractivity contribution in [3.63, 3.8) is 0 Å². The number of para-hydroxylation sites is 1. The molecule has 1 aliphatic heterocycles. The molecule has 28 heavy (non-hydrogen) atoms. The lowest BCUT2D eigenvalue weighted by atomic mass is 10.2. The van der Waals surface area contributed by atoms with Crippen molar-refractivity contribution in [2.24, 2.45) is 0 Å². The Morgan fingerprint density at radius 2 is 1.82 bits per heavy atom. The Hall–Kier alpha value is -3.03. The van der Waals surface area contributed by atoms with Crippen molar-refractivity contribution in [2.75, 3.05) is 18.5 Å². The molecule has 0 aliphatic carbocycles. The summed E-state index contributed by atoms with van der Waals surface area (Å²) in [5.41, 5.74) is 0.605. The number of anilines is 1. The molecule has 0 bridgehead atoms. The molecule has 1 N–H and O–H groups in total. The monoisotopic (exact) mass is 417 g/mol. The van der Waals surface area contributed by atoms with E-state index in [-0.39, 0.29) is 16.6 Å². The summed E-state index contributed by atoms with van der Waals surface area (Å²) >= 11 is 12.0. The predicted molar refractivity (Wildman–Crippen MR) is 104 cm³/mol. The second kappa shape index (κ2) is 7.92. The minimum atomic E-state index is -0.442. The van der Waals surface area contributed by atoms with Crippen LogP contribution in [0.2, 0.25) is 10.0 Å². The normalized spacial score (nSPS) is 12.4. The number of carbonyl (C=O) groups excluding carboxylic acids is 1. The van der Waals surface area contributed by atoms with Crippen molar-refractivity contribution >= 4 is 34.8 Å². The summed E-state index contributed by atoms with van der Waals surface area (Å²) in [6.45, 7) is 0.881. The van der Waals surface area contributed by atoms with Crippen molar-refractivity contribution < 1.29 is 19.0 Å². The number of nitrogens with zero attached hydrogens (tertiary/aromatic N) is 2. The molecule has 0 radical (unpaired) electrons. The fraction of sp³-hybridized carbons (Fsp3) is 0.105. The van der Waals surface area contributed by atoms with E-state index >= 15 is 0 Å². The molecule has 0 spiro atoms. The third kappa shape index (κ3) is 3.81. The summed E-state index contributed by atoms with van der Waals surface area (Å²) in [7, 11) is 0. The van der Waals surface area contributed by atoms with Crippen LogP contribution in [-0.4, -0.2) is 29.3 Å². The number of fused-ring (bicyclic) bond motifs is 1. The van der Waals surface area contributed by atoms with Gasteiger partial charge >= 0.3 is 0 Å². The second-order valence-corrected chi connectivity index (χ2v) is 6.48. The number of halogens is 2. The third-order valence-electron chi connectivity index (χ3n) is 3.82. The molecule has 0 saturated heterocycles. The van der Waals surface area contributed by atoms with Gasteiger partial charge in [-0.25, -0.2) is 0 Å². The van der Waals surface area contributed by atoms with Crippen molar-refractivity contribution in [2.45, 2.75) is 0 Å². The van der Waals surface area contributed by atoms with Crippen molar-refractivity contribution in [3.05, 3.63) is 64.3 Å². The predicted octanol–water partition coefficient (Wildman–Crippen LogP) is 4.60. The number of benzene rings is 2. The van der Waals surface area contributed by atoms with Gasteiger partial charge in [-0.15, -0.1) is 10.2 Å². The van der Waals surface area contributed by atoms with E-state index < -0.39 is 5.91 Å². The summed E-state index contributed by atoms with van der Waals surface area (Å²) < 4.78 is 16.6. The molecule has 0 atom stereocenters. The molecule has 1 aliphatic rings. The molecule has 1 amide bonds. The lowest BCUT2D eigenvalue weighted by molar-refractivity contribution is 0.102. The number of rotatable bonds is 4. The maximum Gasteiger partial charge on any atom is 0.276 e. The summed E-state index contributed by atoms with van der Waals surface area (Å²) in [5, 5.41) is 11.2. The van der Waals surface area contributed by atoms with Crippen LogP contribution in [0.3, 0.4) is 0 Å². The number of amides is 1. The Balaban J connectivity index is 1.48. The summed E-state index contributed by atoms with van der Waals surface area (Å²) in [6, 6.07) is 13.3. The molecular formula is C19H13Cl2N3O4. The highest BCUT2D eigenvalue weighted by atomic mass is 35.5. The molecule has 0 unspecified atom stereocenters. The van der Waals surface area contributed by atoms with Gasteiger partial charge in [-0.3, -0.25) is 4.79 Å². The minimum absolute atomic E-state index is 0.110. The Labute approximate surface area is 170 Å². The number of nitrogens with one attached hydrogen (secondary N) is 1. The first-order valence-electron chi connectivity index (χ1n) is 8.27. The average molecular weight is 418 g/mol. The van der Waals surface area contributed by atoms with Gasteiger partial charge in [-0.05, 0) is 30.3 Å². The maximum atomic E-state index is 12.5. The van der Waals surface area contributed by atoms with E-state index in [0.29, 0.717) is 41.2 Å². The zero-order valence-electron chi connectivity index (χ0n) is 14.3. The standard InChI is InChI=1S/C19H13Cl2N3O4/c20-11-3-1-5-14(17(11)21)28-16-8-7-13(23-24-16)19(25)22-12-4-2-6-15-18(12)27-10-9-26-15/h1-8H,9-10H2,(H,22,25). The first kappa shape index (κ1) is 18.3. The third-order valence-corrected chi connectivity index (χ3v) is 4.62. The molecule has 2 heterocycles. The fourth-order valence-electron chi connectivity index (χ4n) is 2.53. The number of aromatic nitrogens is 2. The number of hydrogen-bond acceptors (Lipinski definition) is 6. The number of carbonyl (C=O) groups is 1. The van der Waals surface area contributed by atoms with E-state index in [4.69, 9.17) is 37.4 Å². The van der Waals surface area contributed by atoms with Crippen LogP contribution in [-0.2, 0) is 0 Å². The van der Waals surface area contributed by atoms with Crippen molar-refractivity contribution in [1.29, 1.82) is 0 Å². The van der Waals surface area contributed by atoms with E-state index in [2.05, 4.69) is 15.5 Å². The minimum Gasteiger partial charge on any atom is -0.486 e. The summed E-state index contributed by atoms with van der Waals surface area (Å²) in [4.78, 5) is 12.5. The Morgan fingerprint density at radius 3 is 2.64 bits per heavy atom. The van der Waals surface area contributed by atoms with E-state index in [9.17, 15) is 4.79 Å². The first-order chi connectivity index (χ1) is 13.6. The Morgan fingerprint density at radius 1 is 1.00 bits per heavy atom. The molecule has 0 fully saturated rings. The van der Waals surface area contributed by atoms with Crippen LogP contribution in [0.5, 0.6) is 23.1 Å². The average Bonchev–Trinajstić information content (AvgIpc) is 2.72. The first-order valence-corrected chi connectivity index (χ1v) is 9.03. The smallest absolute Gasteiger partial charge is 0.276 e. The van der Waals surface area contributed by atoms with E-state index in [1.54, 1.807) is 36.4 Å². The van der Waals surface area contributed by atoms with Crippen LogP contribution < -0.4 is 19.5 Å². The summed E-state index contributed by atoms with van der Waals surface area (Å²) in [5.74, 6) is 1.15. The van der Waals surface area contributed by atoms with Gasteiger partial charge in [-0.2, -0.15) is 0 Å². The van der Waals surface area contributed by atoms with Crippen LogP contribution in [0, 0.1) is 0 Å². The van der Waals surface area contributed by atoms with Crippen LogP contribution in [0.25, 0.3) is 0 Å². The Kier molecular flexibility index (Phi) is 5.18. The zero-order valence-corrected chi connectivity index (χ0v) is 15.8. The fourth-order valence-corrected chi connectivity index (χ4v) is 2.86. The topological polar surface area (TPSA) is 82.6 Å². The highest BCUT2D eigenvalue weighted by Gasteiger charge is 2.18. The van der Waals surface area contributed by atoms with Crippen LogP contribution in [0.1, 0.15) is 10.5 Å². The molecule has 7 nitrogen and oxygen atoms in total. The quantitative estimate of drug-likeness (QED) is 0.667. The highest BCUT2D eigenvalue weighted by molar-refractivity contribution is 6.42. The molecular weight excluding hydrogens is 405 g/mol. The Bertz CT molecular complexity index is 1030. The van der Waals surface area contributed by atoms with E-state index in [0.717, 1.165) is 0 Å². The van der Waals surface area contributed by atoms with E-state index in [1.807, 2.05) is 0 Å². The molecule has 2 aromatic carbocycles. The van der Waals surface area contributed by atoms with Crippen molar-refractivity contribution in [3.8, 4) is 23.1 Å². The number of ether oxygens (including phenoxy) is 3. The van der Waals surface area contributed by atoms with Gasteiger partial charge in [0.2, 0.25) is 5.88 Å². The molecule has 1 aromatic heterocycles. The second-order valence-electron chi connectivity index (χ2n) is 5.69. The van der Waals surface area contributed by atoms with Gasteiger partial charge in [0, 0.05) is 6.07 Å². The highest BCUT2D eigenvalue weighted by Crippen LogP contribution is 2.37. The lowest BCUT2D eigenvalue weighted by Gasteiger charge is -2.20. The van der Waals surface area contributed by atoms with E-state index in [1.165, 1.54) is 12.1 Å². The van der Waals surface area contributed by atoms with Gasteiger partial charge in [-0.1, -0.05) is 35.3 Å². The van der Waals surface area contributed by atoms with Crippen LogP contribution >= 0.6 is 23.2 Å². The van der Waals surface area contributed by atoms with Gasteiger partial charge < -0.3 is 19.5 Å². The van der Waals surface area contributed by atoms with Crippen molar-refractivity contribution in [1.82, 2.24) is 10.2 Å². The zero-order chi connectivity index (χ0) is 19.5. The molecule has 3 aromatic rings. The SMILES string of the molecule is O=C(Nc1cccc2c1OCCO2)c1ccc(Oc2cccc(Cl)c2Cl)nn1. The maximum absolute atomic E-state index is 12.5. The molecule has 9 heteroatoms. The molecule has 142 valence electrons. The molecule has 4 rings (SSSR count). The van der Waals surface area contributed by atoms with Gasteiger partial charge in [0.15, 0.2) is 17.2 Å².